The molecule has 1 aliphatic heterocycles. The minimum atomic E-state index is -0.954. The van der Waals surface area contributed by atoms with Gasteiger partial charge in [-0.25, -0.2) is 4.79 Å². The SMILES string of the molecule is C[C@H](OC(=O)/C=C/c1ccc([N+](=O)[O-])o1)C(=O)N1CCc2ccccc21. The van der Waals surface area contributed by atoms with Crippen molar-refractivity contribution >= 4 is 29.5 Å². The Hall–Kier alpha value is -3.42. The van der Waals surface area contributed by atoms with E-state index in [1.54, 1.807) is 4.90 Å². The molecule has 1 aliphatic rings. The second-order valence-corrected chi connectivity index (χ2v) is 5.71. The van der Waals surface area contributed by atoms with Crippen molar-refractivity contribution in [2.24, 2.45) is 0 Å². The van der Waals surface area contributed by atoms with Crippen LogP contribution in [-0.2, 0) is 20.7 Å². The predicted molar refractivity (Wildman–Crippen MR) is 92.4 cm³/mol. The quantitative estimate of drug-likeness (QED) is 0.353. The summed E-state index contributed by atoms with van der Waals surface area (Å²) in [6.07, 6.45) is 2.12. The zero-order valence-corrected chi connectivity index (χ0v) is 14.0. The Bertz CT molecular complexity index is 885. The average Bonchev–Trinajstić information content (AvgIpc) is 3.26. The van der Waals surface area contributed by atoms with Crippen LogP contribution in [0.15, 0.2) is 46.9 Å². The van der Waals surface area contributed by atoms with Crippen molar-refractivity contribution in [3.05, 3.63) is 63.9 Å². The third-order valence-corrected chi connectivity index (χ3v) is 3.97. The zero-order valence-electron chi connectivity index (χ0n) is 14.0. The van der Waals surface area contributed by atoms with Gasteiger partial charge in [-0.05, 0) is 37.1 Å². The molecule has 0 radical (unpaired) electrons. The first-order chi connectivity index (χ1) is 12.5. The molecule has 2 heterocycles. The highest BCUT2D eigenvalue weighted by atomic mass is 16.6. The van der Waals surface area contributed by atoms with Gasteiger partial charge < -0.3 is 14.1 Å². The Morgan fingerprint density at radius 3 is 2.81 bits per heavy atom. The van der Waals surface area contributed by atoms with E-state index in [1.165, 1.54) is 25.1 Å². The first-order valence-electron chi connectivity index (χ1n) is 7.98. The topological polar surface area (TPSA) is 103 Å². The van der Waals surface area contributed by atoms with Crippen LogP contribution < -0.4 is 4.90 Å². The van der Waals surface area contributed by atoms with Crippen LogP contribution >= 0.6 is 0 Å². The molecule has 8 nitrogen and oxygen atoms in total. The molecule has 0 unspecified atom stereocenters. The van der Waals surface area contributed by atoms with Crippen molar-refractivity contribution in [3.63, 3.8) is 0 Å². The Balaban J connectivity index is 1.59. The second-order valence-electron chi connectivity index (χ2n) is 5.71. The fraction of sp³-hybridized carbons (Fsp3) is 0.222. The number of benzene rings is 1. The first-order valence-corrected chi connectivity index (χ1v) is 7.98. The number of rotatable bonds is 5. The fourth-order valence-corrected chi connectivity index (χ4v) is 2.73. The summed E-state index contributed by atoms with van der Waals surface area (Å²) in [5, 5.41) is 10.5. The molecule has 0 saturated carbocycles. The zero-order chi connectivity index (χ0) is 18.7. The second kappa shape index (κ2) is 7.22. The number of fused-ring (bicyclic) bond motifs is 1. The van der Waals surface area contributed by atoms with Gasteiger partial charge >= 0.3 is 11.9 Å². The molecule has 1 atom stereocenters. The third kappa shape index (κ3) is 3.64. The normalized spacial score (nSPS) is 14.3. The van der Waals surface area contributed by atoms with E-state index in [9.17, 15) is 19.7 Å². The molecule has 1 amide bonds. The highest BCUT2D eigenvalue weighted by molar-refractivity contribution is 5.99. The van der Waals surface area contributed by atoms with Crippen LogP contribution in [0, 0.1) is 10.1 Å². The molecule has 0 aliphatic carbocycles. The lowest BCUT2D eigenvalue weighted by Gasteiger charge is -2.21. The van der Waals surface area contributed by atoms with Gasteiger partial charge in [0.05, 0.1) is 6.07 Å². The summed E-state index contributed by atoms with van der Waals surface area (Å²) in [7, 11) is 0. The van der Waals surface area contributed by atoms with Crippen molar-refractivity contribution in [1.82, 2.24) is 0 Å². The number of carbonyl (C=O) groups excluding carboxylic acids is 2. The number of amides is 1. The molecular weight excluding hydrogens is 340 g/mol. The maximum atomic E-state index is 12.5. The summed E-state index contributed by atoms with van der Waals surface area (Å²) in [5.74, 6) is -1.32. The lowest BCUT2D eigenvalue weighted by atomic mass is 10.2. The molecule has 0 spiro atoms. The highest BCUT2D eigenvalue weighted by Gasteiger charge is 2.29. The number of esters is 1. The molecule has 26 heavy (non-hydrogen) atoms. The summed E-state index contributed by atoms with van der Waals surface area (Å²) in [6.45, 7) is 2.05. The largest absolute Gasteiger partial charge is 0.449 e. The molecular formula is C18H16N2O6. The van der Waals surface area contributed by atoms with Gasteiger partial charge in [-0.15, -0.1) is 0 Å². The van der Waals surface area contributed by atoms with Crippen LogP contribution in [0.3, 0.4) is 0 Å². The first kappa shape index (κ1) is 17.4. The number of furan rings is 1. The standard InChI is InChI=1S/C18H16N2O6/c1-12(18(22)19-11-10-13-4-2-3-5-15(13)19)25-17(21)9-7-14-6-8-16(26-14)20(23)24/h2-9,12H,10-11H2,1H3/b9-7+/t12-/m0/s1. The summed E-state index contributed by atoms with van der Waals surface area (Å²) in [4.78, 5) is 35.9. The van der Waals surface area contributed by atoms with Gasteiger partial charge in [0.2, 0.25) is 0 Å². The van der Waals surface area contributed by atoms with Crippen molar-refractivity contribution in [2.45, 2.75) is 19.4 Å². The van der Waals surface area contributed by atoms with Gasteiger partial charge in [0.25, 0.3) is 5.91 Å². The van der Waals surface area contributed by atoms with Crippen LogP contribution in [0.5, 0.6) is 0 Å². The molecule has 1 aromatic carbocycles. The van der Waals surface area contributed by atoms with E-state index in [4.69, 9.17) is 9.15 Å². The maximum absolute atomic E-state index is 12.5. The number of hydrogen-bond donors (Lipinski definition) is 0. The highest BCUT2D eigenvalue weighted by Crippen LogP contribution is 2.28. The third-order valence-electron chi connectivity index (χ3n) is 3.97. The number of nitrogens with zero attached hydrogens (tertiary/aromatic N) is 2. The van der Waals surface area contributed by atoms with Crippen LogP contribution in [0.1, 0.15) is 18.2 Å². The maximum Gasteiger partial charge on any atom is 0.433 e. The Kier molecular flexibility index (Phi) is 4.83. The number of anilines is 1. The molecule has 0 N–H and O–H groups in total. The summed E-state index contributed by atoms with van der Waals surface area (Å²) >= 11 is 0. The molecule has 3 rings (SSSR count). The number of para-hydroxylation sites is 1. The molecule has 0 bridgehead atoms. The van der Waals surface area contributed by atoms with Crippen LogP contribution in [0.25, 0.3) is 6.08 Å². The van der Waals surface area contributed by atoms with E-state index in [1.807, 2.05) is 24.3 Å². The number of nitro groups is 1. The minimum absolute atomic E-state index is 0.140. The van der Waals surface area contributed by atoms with Crippen molar-refractivity contribution in [2.75, 3.05) is 11.4 Å². The van der Waals surface area contributed by atoms with Crippen molar-refractivity contribution < 1.29 is 23.7 Å². The van der Waals surface area contributed by atoms with Crippen molar-refractivity contribution in [3.8, 4) is 0 Å². The average molecular weight is 356 g/mol. The van der Waals surface area contributed by atoms with Crippen molar-refractivity contribution in [1.29, 1.82) is 0 Å². The van der Waals surface area contributed by atoms with Crippen LogP contribution in [-0.4, -0.2) is 29.4 Å². The lowest BCUT2D eigenvalue weighted by molar-refractivity contribution is -0.402. The summed E-state index contributed by atoms with van der Waals surface area (Å²) in [5.41, 5.74) is 1.91. The number of hydrogen-bond acceptors (Lipinski definition) is 6. The lowest BCUT2D eigenvalue weighted by Crippen LogP contribution is -2.38. The number of ether oxygens (including phenoxy) is 1. The molecule has 134 valence electrons. The van der Waals surface area contributed by atoms with Crippen LogP contribution in [0.2, 0.25) is 0 Å². The monoisotopic (exact) mass is 356 g/mol. The summed E-state index contributed by atoms with van der Waals surface area (Å²) < 4.78 is 10.0. The van der Waals surface area contributed by atoms with Gasteiger partial charge in [-0.3, -0.25) is 14.9 Å². The van der Waals surface area contributed by atoms with Gasteiger partial charge in [-0.1, -0.05) is 18.2 Å². The number of carbonyl (C=O) groups is 2. The van der Waals surface area contributed by atoms with Gasteiger partial charge in [0.1, 0.15) is 10.7 Å². The van der Waals surface area contributed by atoms with E-state index in [0.717, 1.165) is 23.7 Å². The molecule has 2 aromatic rings. The van der Waals surface area contributed by atoms with Gasteiger partial charge in [0.15, 0.2) is 6.10 Å². The fourth-order valence-electron chi connectivity index (χ4n) is 2.73. The summed E-state index contributed by atoms with van der Waals surface area (Å²) in [6, 6.07) is 10.1. The Morgan fingerprint density at radius 1 is 1.31 bits per heavy atom. The van der Waals surface area contributed by atoms with Gasteiger partial charge in [-0.2, -0.15) is 0 Å². The van der Waals surface area contributed by atoms with E-state index >= 15 is 0 Å². The molecule has 1 aromatic heterocycles. The van der Waals surface area contributed by atoms with E-state index in [-0.39, 0.29) is 11.7 Å². The molecule has 0 saturated heterocycles. The smallest absolute Gasteiger partial charge is 0.433 e. The molecule has 8 heteroatoms. The Labute approximate surface area is 148 Å². The Morgan fingerprint density at radius 2 is 2.08 bits per heavy atom. The van der Waals surface area contributed by atoms with E-state index in [0.29, 0.717) is 6.54 Å². The molecule has 0 fully saturated rings. The minimum Gasteiger partial charge on any atom is -0.449 e. The predicted octanol–water partition coefficient (Wildman–Crippen LogP) is 2.72. The van der Waals surface area contributed by atoms with Gasteiger partial charge in [0, 0.05) is 18.3 Å². The van der Waals surface area contributed by atoms with Crippen LogP contribution in [0.4, 0.5) is 11.6 Å². The van der Waals surface area contributed by atoms with E-state index in [2.05, 4.69) is 0 Å². The van der Waals surface area contributed by atoms with E-state index < -0.39 is 22.9 Å².